The van der Waals surface area contributed by atoms with E-state index in [1.165, 1.54) is 0 Å². The third-order valence-corrected chi connectivity index (χ3v) is 3.73. The highest BCUT2D eigenvalue weighted by Gasteiger charge is 2.12. The second-order valence-corrected chi connectivity index (χ2v) is 5.75. The van der Waals surface area contributed by atoms with Crippen molar-refractivity contribution in [3.8, 4) is 0 Å². The van der Waals surface area contributed by atoms with Crippen LogP contribution in [0.25, 0.3) is 0 Å². The molecule has 0 aromatic heterocycles. The van der Waals surface area contributed by atoms with Gasteiger partial charge in [-0.1, -0.05) is 50.2 Å². The van der Waals surface area contributed by atoms with Crippen molar-refractivity contribution in [1.82, 2.24) is 0 Å². The second-order valence-electron chi connectivity index (χ2n) is 5.75. The molecule has 0 saturated carbocycles. The highest BCUT2D eigenvalue weighted by Crippen LogP contribution is 2.24. The van der Waals surface area contributed by atoms with Gasteiger partial charge in [-0.3, -0.25) is 4.79 Å². The van der Waals surface area contributed by atoms with Gasteiger partial charge in [-0.15, -0.1) is 0 Å². The number of hydrogen-bond donors (Lipinski definition) is 2. The van der Waals surface area contributed by atoms with E-state index in [9.17, 15) is 9.59 Å². The number of carbonyl (C=O) groups is 2. The van der Waals surface area contributed by atoms with E-state index in [-0.39, 0.29) is 17.9 Å². The summed E-state index contributed by atoms with van der Waals surface area (Å²) in [4.78, 5) is 23.4. The van der Waals surface area contributed by atoms with Gasteiger partial charge >= 0.3 is 5.97 Å². The van der Waals surface area contributed by atoms with E-state index < -0.39 is 5.97 Å². The number of anilines is 1. The lowest BCUT2D eigenvalue weighted by Gasteiger charge is -2.13. The van der Waals surface area contributed by atoms with Gasteiger partial charge in [0.1, 0.15) is 0 Å². The summed E-state index contributed by atoms with van der Waals surface area (Å²) >= 11 is 0. The largest absolute Gasteiger partial charge is 0.478 e. The van der Waals surface area contributed by atoms with Crippen LogP contribution in [0, 0.1) is 0 Å². The van der Waals surface area contributed by atoms with Gasteiger partial charge < -0.3 is 10.4 Å². The number of rotatable bonds is 6. The second kappa shape index (κ2) is 7.58. The molecule has 23 heavy (non-hydrogen) atoms. The molecule has 2 N–H and O–H groups in total. The van der Waals surface area contributed by atoms with Crippen LogP contribution in [0.4, 0.5) is 5.69 Å². The van der Waals surface area contributed by atoms with Crippen LogP contribution < -0.4 is 5.32 Å². The minimum Gasteiger partial charge on any atom is -0.478 e. The summed E-state index contributed by atoms with van der Waals surface area (Å²) in [6, 6.07) is 14.5. The van der Waals surface area contributed by atoms with Crippen LogP contribution in [-0.4, -0.2) is 17.0 Å². The van der Waals surface area contributed by atoms with Crippen molar-refractivity contribution >= 4 is 17.6 Å². The quantitative estimate of drug-likeness (QED) is 0.844. The maximum atomic E-state index is 12.2. The molecule has 2 aromatic rings. The Morgan fingerprint density at radius 1 is 1.04 bits per heavy atom. The van der Waals surface area contributed by atoms with Gasteiger partial charge in [0.25, 0.3) is 0 Å². The van der Waals surface area contributed by atoms with Gasteiger partial charge in [0.2, 0.25) is 5.91 Å². The molecule has 0 aliphatic heterocycles. The molecule has 0 saturated heterocycles. The summed E-state index contributed by atoms with van der Waals surface area (Å²) in [5.74, 6) is -0.760. The maximum Gasteiger partial charge on any atom is 0.335 e. The molecule has 2 rings (SSSR count). The SMILES string of the molecule is CC(C)c1ccccc1NC(=O)CCc1ccccc1C(=O)O. The molecule has 0 fully saturated rings. The lowest BCUT2D eigenvalue weighted by Crippen LogP contribution is -2.15. The topological polar surface area (TPSA) is 66.4 Å². The van der Waals surface area contributed by atoms with Gasteiger partial charge in [-0.2, -0.15) is 0 Å². The van der Waals surface area contributed by atoms with E-state index in [0.29, 0.717) is 17.9 Å². The normalized spacial score (nSPS) is 10.6. The Hall–Kier alpha value is -2.62. The van der Waals surface area contributed by atoms with Gasteiger partial charge in [0, 0.05) is 12.1 Å². The zero-order chi connectivity index (χ0) is 16.8. The summed E-state index contributed by atoms with van der Waals surface area (Å²) in [7, 11) is 0. The predicted molar refractivity (Wildman–Crippen MR) is 90.9 cm³/mol. The third-order valence-electron chi connectivity index (χ3n) is 3.73. The van der Waals surface area contributed by atoms with Crippen LogP contribution in [0.2, 0.25) is 0 Å². The first kappa shape index (κ1) is 16.7. The average Bonchev–Trinajstić information content (AvgIpc) is 2.53. The molecule has 0 aliphatic rings. The van der Waals surface area contributed by atoms with E-state index in [2.05, 4.69) is 19.2 Å². The van der Waals surface area contributed by atoms with Crippen LogP contribution in [-0.2, 0) is 11.2 Å². The first-order valence-corrected chi connectivity index (χ1v) is 7.69. The Labute approximate surface area is 136 Å². The Morgan fingerprint density at radius 2 is 1.70 bits per heavy atom. The highest BCUT2D eigenvalue weighted by molar-refractivity contribution is 5.92. The first-order chi connectivity index (χ1) is 11.0. The van der Waals surface area contributed by atoms with Crippen molar-refractivity contribution in [2.24, 2.45) is 0 Å². The number of nitrogens with one attached hydrogen (secondary N) is 1. The van der Waals surface area contributed by atoms with Crippen molar-refractivity contribution in [2.75, 3.05) is 5.32 Å². The third kappa shape index (κ3) is 4.42. The molecular formula is C19H21NO3. The maximum absolute atomic E-state index is 12.2. The fourth-order valence-electron chi connectivity index (χ4n) is 2.52. The molecule has 0 bridgehead atoms. The van der Waals surface area contributed by atoms with Crippen molar-refractivity contribution in [1.29, 1.82) is 0 Å². The molecular weight excluding hydrogens is 290 g/mol. The number of aromatic carboxylic acids is 1. The molecule has 0 radical (unpaired) electrons. The van der Waals surface area contributed by atoms with Crippen LogP contribution in [0.1, 0.15) is 47.7 Å². The molecule has 1 amide bonds. The Bertz CT molecular complexity index is 707. The summed E-state index contributed by atoms with van der Waals surface area (Å²) in [5.41, 5.74) is 2.83. The molecule has 0 spiro atoms. The van der Waals surface area contributed by atoms with E-state index >= 15 is 0 Å². The molecule has 0 heterocycles. The number of carbonyl (C=O) groups excluding carboxylic acids is 1. The van der Waals surface area contributed by atoms with E-state index in [1.54, 1.807) is 24.3 Å². The van der Waals surface area contributed by atoms with Crippen LogP contribution >= 0.6 is 0 Å². The zero-order valence-electron chi connectivity index (χ0n) is 13.4. The van der Waals surface area contributed by atoms with Gasteiger partial charge in [-0.25, -0.2) is 4.79 Å². The van der Waals surface area contributed by atoms with Gasteiger partial charge in [0.05, 0.1) is 5.56 Å². The number of hydrogen-bond acceptors (Lipinski definition) is 2. The average molecular weight is 311 g/mol. The Morgan fingerprint density at radius 3 is 2.39 bits per heavy atom. The van der Waals surface area contributed by atoms with Crippen LogP contribution in [0.3, 0.4) is 0 Å². The highest BCUT2D eigenvalue weighted by atomic mass is 16.4. The van der Waals surface area contributed by atoms with Gasteiger partial charge in [-0.05, 0) is 35.6 Å². The van der Waals surface area contributed by atoms with E-state index in [1.807, 2.05) is 24.3 Å². The van der Waals surface area contributed by atoms with E-state index in [0.717, 1.165) is 11.3 Å². The molecule has 120 valence electrons. The van der Waals surface area contributed by atoms with Crippen molar-refractivity contribution in [3.63, 3.8) is 0 Å². The Balaban J connectivity index is 2.03. The smallest absolute Gasteiger partial charge is 0.335 e. The van der Waals surface area contributed by atoms with E-state index in [4.69, 9.17) is 5.11 Å². The zero-order valence-corrected chi connectivity index (χ0v) is 13.4. The minimum absolute atomic E-state index is 0.113. The fraction of sp³-hybridized carbons (Fsp3) is 0.263. The molecule has 4 nitrogen and oxygen atoms in total. The molecule has 0 aliphatic carbocycles. The monoisotopic (exact) mass is 311 g/mol. The lowest BCUT2D eigenvalue weighted by molar-refractivity contribution is -0.116. The summed E-state index contributed by atoms with van der Waals surface area (Å²) in [6.45, 7) is 4.15. The van der Waals surface area contributed by atoms with Crippen LogP contribution in [0.5, 0.6) is 0 Å². The number of carboxylic acid groups (broad SMARTS) is 1. The first-order valence-electron chi connectivity index (χ1n) is 7.69. The molecule has 0 unspecified atom stereocenters. The number of para-hydroxylation sites is 1. The lowest BCUT2D eigenvalue weighted by atomic mass is 10.0. The van der Waals surface area contributed by atoms with Crippen LogP contribution in [0.15, 0.2) is 48.5 Å². The summed E-state index contributed by atoms with van der Waals surface area (Å²) < 4.78 is 0. The minimum atomic E-state index is -0.967. The summed E-state index contributed by atoms with van der Waals surface area (Å²) in [5, 5.41) is 12.1. The number of aryl methyl sites for hydroxylation is 1. The van der Waals surface area contributed by atoms with Crippen molar-refractivity contribution in [3.05, 3.63) is 65.2 Å². The fourth-order valence-corrected chi connectivity index (χ4v) is 2.52. The van der Waals surface area contributed by atoms with Crippen molar-refractivity contribution < 1.29 is 14.7 Å². The molecule has 2 aromatic carbocycles. The number of amides is 1. The predicted octanol–water partition coefficient (Wildman–Crippen LogP) is 4.08. The number of benzene rings is 2. The number of carboxylic acids is 1. The van der Waals surface area contributed by atoms with Gasteiger partial charge in [0.15, 0.2) is 0 Å². The molecule has 4 heteroatoms. The summed E-state index contributed by atoms with van der Waals surface area (Å²) in [6.07, 6.45) is 0.648. The van der Waals surface area contributed by atoms with Crippen molar-refractivity contribution in [2.45, 2.75) is 32.6 Å². The standard InChI is InChI=1S/C19H21NO3/c1-13(2)15-8-5-6-10-17(15)20-18(21)12-11-14-7-3-4-9-16(14)19(22)23/h3-10,13H,11-12H2,1-2H3,(H,20,21)(H,22,23). The molecule has 0 atom stereocenters. The Kier molecular flexibility index (Phi) is 5.52.